The van der Waals surface area contributed by atoms with Crippen molar-refractivity contribution in [3.8, 4) is 0 Å². The average Bonchev–Trinajstić information content (AvgIpc) is 2.95. The number of pyridine rings is 1. The van der Waals surface area contributed by atoms with Gasteiger partial charge in [0.05, 0.1) is 0 Å². The Morgan fingerprint density at radius 3 is 3.25 bits per heavy atom. The van der Waals surface area contributed by atoms with Crippen molar-refractivity contribution >= 4 is 11.2 Å². The van der Waals surface area contributed by atoms with Gasteiger partial charge in [-0.05, 0) is 32.0 Å². The summed E-state index contributed by atoms with van der Waals surface area (Å²) in [5, 5.41) is 3.39. The minimum Gasteiger partial charge on any atom is -0.316 e. The Morgan fingerprint density at radius 2 is 2.50 bits per heavy atom. The van der Waals surface area contributed by atoms with E-state index in [-0.39, 0.29) is 0 Å². The van der Waals surface area contributed by atoms with Crippen molar-refractivity contribution in [2.24, 2.45) is 0 Å². The molecule has 4 nitrogen and oxygen atoms in total. The first-order valence-corrected chi connectivity index (χ1v) is 5.92. The molecular formula is C12H16N4. The van der Waals surface area contributed by atoms with Crippen LogP contribution in [0.2, 0.25) is 0 Å². The van der Waals surface area contributed by atoms with Crippen LogP contribution in [0.25, 0.3) is 11.2 Å². The quantitative estimate of drug-likeness (QED) is 0.827. The van der Waals surface area contributed by atoms with E-state index in [4.69, 9.17) is 4.98 Å². The summed E-state index contributed by atoms with van der Waals surface area (Å²) in [6, 6.07) is 3.99. The molecule has 0 aliphatic carbocycles. The van der Waals surface area contributed by atoms with Gasteiger partial charge in [-0.2, -0.15) is 0 Å². The molecule has 84 valence electrons. The standard InChI is InChI=1S/C12H16N4/c1-2-16-11(9-5-7-13-8-9)15-10-4-3-6-14-12(10)16/h3-4,6,9,13H,2,5,7-8H2,1H3. The normalized spacial score (nSPS) is 20.7. The van der Waals surface area contributed by atoms with Crippen molar-refractivity contribution in [2.45, 2.75) is 25.8 Å². The zero-order chi connectivity index (χ0) is 11.0. The number of aromatic nitrogens is 3. The van der Waals surface area contributed by atoms with Gasteiger partial charge in [0, 0.05) is 25.2 Å². The fraction of sp³-hybridized carbons (Fsp3) is 0.500. The molecule has 1 N–H and O–H groups in total. The van der Waals surface area contributed by atoms with Gasteiger partial charge >= 0.3 is 0 Å². The molecule has 1 atom stereocenters. The van der Waals surface area contributed by atoms with Gasteiger partial charge in [0.25, 0.3) is 0 Å². The molecule has 1 fully saturated rings. The Labute approximate surface area is 94.7 Å². The molecule has 0 amide bonds. The van der Waals surface area contributed by atoms with Gasteiger partial charge in [-0.25, -0.2) is 9.97 Å². The first-order chi connectivity index (χ1) is 7.90. The fourth-order valence-electron chi connectivity index (χ4n) is 2.47. The molecule has 0 radical (unpaired) electrons. The van der Waals surface area contributed by atoms with E-state index in [0.29, 0.717) is 5.92 Å². The lowest BCUT2D eigenvalue weighted by molar-refractivity contribution is 0.628. The maximum absolute atomic E-state index is 4.73. The summed E-state index contributed by atoms with van der Waals surface area (Å²) in [7, 11) is 0. The van der Waals surface area contributed by atoms with Crippen LogP contribution in [-0.2, 0) is 6.54 Å². The molecule has 2 aromatic rings. The van der Waals surface area contributed by atoms with E-state index in [1.54, 1.807) is 0 Å². The second-order valence-corrected chi connectivity index (χ2v) is 4.25. The van der Waals surface area contributed by atoms with Gasteiger partial charge < -0.3 is 9.88 Å². The summed E-state index contributed by atoms with van der Waals surface area (Å²) in [6.45, 7) is 5.25. The maximum Gasteiger partial charge on any atom is 0.159 e. The highest BCUT2D eigenvalue weighted by molar-refractivity contribution is 5.71. The maximum atomic E-state index is 4.73. The van der Waals surface area contributed by atoms with Gasteiger partial charge in [0.2, 0.25) is 0 Å². The molecule has 1 saturated heterocycles. The Hall–Kier alpha value is -1.42. The first kappa shape index (κ1) is 9.78. The molecule has 3 rings (SSSR count). The Kier molecular flexibility index (Phi) is 2.36. The van der Waals surface area contributed by atoms with Crippen molar-refractivity contribution in [1.82, 2.24) is 19.9 Å². The topological polar surface area (TPSA) is 42.7 Å². The molecule has 1 unspecified atom stereocenters. The Balaban J connectivity index is 2.15. The third-order valence-corrected chi connectivity index (χ3v) is 3.27. The second kappa shape index (κ2) is 3.87. The van der Waals surface area contributed by atoms with E-state index >= 15 is 0 Å². The van der Waals surface area contributed by atoms with Gasteiger partial charge in [-0.15, -0.1) is 0 Å². The van der Waals surface area contributed by atoms with E-state index < -0.39 is 0 Å². The number of imidazole rings is 1. The Bertz CT molecular complexity index is 497. The summed E-state index contributed by atoms with van der Waals surface area (Å²) < 4.78 is 2.24. The van der Waals surface area contributed by atoms with Crippen LogP contribution in [0.1, 0.15) is 25.1 Å². The fourth-order valence-corrected chi connectivity index (χ4v) is 2.47. The van der Waals surface area contributed by atoms with Crippen LogP contribution in [0.4, 0.5) is 0 Å². The number of fused-ring (bicyclic) bond motifs is 1. The smallest absolute Gasteiger partial charge is 0.159 e. The van der Waals surface area contributed by atoms with Crippen LogP contribution in [0.3, 0.4) is 0 Å². The first-order valence-electron chi connectivity index (χ1n) is 5.92. The van der Waals surface area contributed by atoms with Gasteiger partial charge in [-0.1, -0.05) is 0 Å². The van der Waals surface area contributed by atoms with Crippen LogP contribution in [-0.4, -0.2) is 27.6 Å². The van der Waals surface area contributed by atoms with Crippen molar-refractivity contribution in [1.29, 1.82) is 0 Å². The molecule has 4 heteroatoms. The third kappa shape index (κ3) is 1.41. The van der Waals surface area contributed by atoms with Crippen molar-refractivity contribution in [2.75, 3.05) is 13.1 Å². The number of nitrogens with one attached hydrogen (secondary N) is 1. The van der Waals surface area contributed by atoms with Crippen LogP contribution >= 0.6 is 0 Å². The van der Waals surface area contributed by atoms with Crippen LogP contribution < -0.4 is 5.32 Å². The highest BCUT2D eigenvalue weighted by Gasteiger charge is 2.23. The molecular weight excluding hydrogens is 200 g/mol. The monoisotopic (exact) mass is 216 g/mol. The second-order valence-electron chi connectivity index (χ2n) is 4.25. The summed E-state index contributed by atoms with van der Waals surface area (Å²) in [5.41, 5.74) is 2.04. The van der Waals surface area contributed by atoms with Crippen molar-refractivity contribution < 1.29 is 0 Å². The largest absolute Gasteiger partial charge is 0.316 e. The minimum absolute atomic E-state index is 0.550. The van der Waals surface area contributed by atoms with Crippen LogP contribution in [0, 0.1) is 0 Å². The predicted molar refractivity (Wildman–Crippen MR) is 63.4 cm³/mol. The van der Waals surface area contributed by atoms with Gasteiger partial charge in [0.1, 0.15) is 11.3 Å². The number of aryl methyl sites for hydroxylation is 1. The average molecular weight is 216 g/mol. The van der Waals surface area contributed by atoms with E-state index in [2.05, 4.69) is 21.8 Å². The summed E-state index contributed by atoms with van der Waals surface area (Å²) >= 11 is 0. The predicted octanol–water partition coefficient (Wildman–Crippen LogP) is 1.53. The van der Waals surface area contributed by atoms with E-state index in [0.717, 1.165) is 30.8 Å². The third-order valence-electron chi connectivity index (χ3n) is 3.27. The molecule has 3 heterocycles. The SMILES string of the molecule is CCn1c(C2CCNC2)nc2cccnc21. The number of hydrogen-bond donors (Lipinski definition) is 1. The molecule has 2 aromatic heterocycles. The van der Waals surface area contributed by atoms with Gasteiger partial charge in [-0.3, -0.25) is 0 Å². The number of nitrogens with zero attached hydrogens (tertiary/aromatic N) is 3. The zero-order valence-electron chi connectivity index (χ0n) is 9.48. The molecule has 1 aliphatic rings. The van der Waals surface area contributed by atoms with E-state index in [9.17, 15) is 0 Å². The lowest BCUT2D eigenvalue weighted by atomic mass is 10.1. The minimum atomic E-state index is 0.550. The summed E-state index contributed by atoms with van der Waals surface area (Å²) in [5.74, 6) is 1.75. The molecule has 0 aromatic carbocycles. The molecule has 0 spiro atoms. The number of rotatable bonds is 2. The summed E-state index contributed by atoms with van der Waals surface area (Å²) in [4.78, 5) is 9.15. The highest BCUT2D eigenvalue weighted by atomic mass is 15.1. The van der Waals surface area contributed by atoms with E-state index in [1.165, 1.54) is 12.2 Å². The highest BCUT2D eigenvalue weighted by Crippen LogP contribution is 2.24. The zero-order valence-corrected chi connectivity index (χ0v) is 9.48. The van der Waals surface area contributed by atoms with Crippen molar-refractivity contribution in [3.05, 3.63) is 24.2 Å². The van der Waals surface area contributed by atoms with Crippen LogP contribution in [0.5, 0.6) is 0 Å². The number of hydrogen-bond acceptors (Lipinski definition) is 3. The van der Waals surface area contributed by atoms with Crippen LogP contribution in [0.15, 0.2) is 18.3 Å². The Morgan fingerprint density at radius 1 is 1.56 bits per heavy atom. The molecule has 1 aliphatic heterocycles. The van der Waals surface area contributed by atoms with E-state index in [1.807, 2.05) is 18.3 Å². The molecule has 0 saturated carbocycles. The lowest BCUT2D eigenvalue weighted by Crippen LogP contribution is -2.12. The molecule has 0 bridgehead atoms. The molecule has 16 heavy (non-hydrogen) atoms. The van der Waals surface area contributed by atoms with Gasteiger partial charge in [0.15, 0.2) is 5.65 Å². The summed E-state index contributed by atoms with van der Waals surface area (Å²) in [6.07, 6.45) is 3.02. The lowest BCUT2D eigenvalue weighted by Gasteiger charge is -2.10. The van der Waals surface area contributed by atoms with Crippen molar-refractivity contribution in [3.63, 3.8) is 0 Å².